The molecule has 0 aliphatic rings. The number of para-hydroxylation sites is 1. The lowest BCUT2D eigenvalue weighted by atomic mass is 10.1. The third-order valence-electron chi connectivity index (χ3n) is 4.49. The quantitative estimate of drug-likeness (QED) is 0.534. The minimum atomic E-state index is -1.02. The number of halogens is 2. The molecule has 2 aromatic rings. The van der Waals surface area contributed by atoms with Crippen LogP contribution in [-0.2, 0) is 14.3 Å². The van der Waals surface area contributed by atoms with Gasteiger partial charge < -0.3 is 15.0 Å². The number of hydrogen-bond donors (Lipinski definition) is 1. The number of hydrogen-bond acceptors (Lipinski definition) is 5. The van der Waals surface area contributed by atoms with Gasteiger partial charge in [-0.05, 0) is 55.7 Å². The van der Waals surface area contributed by atoms with E-state index in [1.807, 2.05) is 24.5 Å². The molecule has 166 valence electrons. The smallest absolute Gasteiger partial charge is 0.329 e. The Hall–Kier alpha value is -2.22. The molecule has 0 fully saturated rings. The van der Waals surface area contributed by atoms with Gasteiger partial charge in [-0.3, -0.25) is 9.59 Å². The maximum absolute atomic E-state index is 12.8. The highest BCUT2D eigenvalue weighted by atomic mass is 35.5. The molecule has 2 amide bonds. The number of anilines is 1. The number of likely N-dealkylation sites (N-methyl/N-ethyl adjacent to an activating group) is 1. The SMILES string of the molecule is CSCCC(NC(=O)c1ccc(Cl)cc1Cl)C(=O)OC(C)C(=O)N(C)c1ccccc1. The lowest BCUT2D eigenvalue weighted by Crippen LogP contribution is -2.45. The molecule has 2 rings (SSSR count). The number of thioether (sulfide) groups is 1. The summed E-state index contributed by atoms with van der Waals surface area (Å²) in [4.78, 5) is 39.5. The molecular formula is C22H24Cl2N2O4S. The average Bonchev–Trinajstić information content (AvgIpc) is 2.75. The number of benzene rings is 2. The minimum absolute atomic E-state index is 0.176. The number of carbonyl (C=O) groups excluding carboxylic acids is 3. The van der Waals surface area contributed by atoms with Gasteiger partial charge in [-0.25, -0.2) is 4.79 Å². The normalized spacial score (nSPS) is 12.5. The standard InChI is InChI=1S/C22H24Cl2N2O4S/c1-14(21(28)26(2)16-7-5-4-6-8-16)30-22(29)19(11-12-31-3)25-20(27)17-10-9-15(23)13-18(17)24/h4-10,13-14,19H,11-12H2,1-3H3,(H,25,27). The van der Waals surface area contributed by atoms with Crippen molar-refractivity contribution < 1.29 is 19.1 Å². The van der Waals surface area contributed by atoms with Gasteiger partial charge in [0.05, 0.1) is 10.6 Å². The summed E-state index contributed by atoms with van der Waals surface area (Å²) in [6.07, 6.45) is 1.21. The molecule has 2 unspecified atom stereocenters. The Kier molecular flexibility index (Phi) is 9.68. The maximum Gasteiger partial charge on any atom is 0.329 e. The molecule has 31 heavy (non-hydrogen) atoms. The molecule has 9 heteroatoms. The Morgan fingerprint density at radius 2 is 1.81 bits per heavy atom. The third kappa shape index (κ3) is 7.16. The van der Waals surface area contributed by atoms with Gasteiger partial charge >= 0.3 is 5.97 Å². The van der Waals surface area contributed by atoms with Crippen molar-refractivity contribution in [3.05, 3.63) is 64.1 Å². The lowest BCUT2D eigenvalue weighted by Gasteiger charge is -2.24. The van der Waals surface area contributed by atoms with E-state index >= 15 is 0 Å². The summed E-state index contributed by atoms with van der Waals surface area (Å²) in [6, 6.07) is 12.6. The van der Waals surface area contributed by atoms with E-state index in [4.69, 9.17) is 27.9 Å². The Morgan fingerprint density at radius 3 is 2.42 bits per heavy atom. The van der Waals surface area contributed by atoms with Crippen LogP contribution in [0.3, 0.4) is 0 Å². The van der Waals surface area contributed by atoms with Crippen molar-refractivity contribution in [1.29, 1.82) is 0 Å². The van der Waals surface area contributed by atoms with Crippen molar-refractivity contribution in [2.75, 3.05) is 24.0 Å². The first-order chi connectivity index (χ1) is 14.7. The molecule has 0 bridgehead atoms. The summed E-state index contributed by atoms with van der Waals surface area (Å²) in [6.45, 7) is 1.50. The number of nitrogens with one attached hydrogen (secondary N) is 1. The second-order valence-electron chi connectivity index (χ2n) is 6.74. The molecule has 0 aliphatic heterocycles. The van der Waals surface area contributed by atoms with Gasteiger partial charge in [-0.1, -0.05) is 41.4 Å². The van der Waals surface area contributed by atoms with Gasteiger partial charge in [0.1, 0.15) is 6.04 Å². The minimum Gasteiger partial charge on any atom is -0.451 e. The van der Waals surface area contributed by atoms with E-state index in [0.29, 0.717) is 22.9 Å². The average molecular weight is 483 g/mol. The third-order valence-corrected chi connectivity index (χ3v) is 5.68. The van der Waals surface area contributed by atoms with Crippen LogP contribution in [0.15, 0.2) is 48.5 Å². The predicted molar refractivity (Wildman–Crippen MR) is 126 cm³/mol. The van der Waals surface area contributed by atoms with Gasteiger partial charge in [0, 0.05) is 17.8 Å². The van der Waals surface area contributed by atoms with Crippen LogP contribution in [0.1, 0.15) is 23.7 Å². The number of carbonyl (C=O) groups is 3. The van der Waals surface area contributed by atoms with Gasteiger partial charge in [0.15, 0.2) is 6.10 Å². The summed E-state index contributed by atoms with van der Waals surface area (Å²) in [7, 11) is 1.61. The lowest BCUT2D eigenvalue weighted by molar-refractivity contribution is -0.155. The molecule has 2 aromatic carbocycles. The van der Waals surface area contributed by atoms with Gasteiger partial charge in [-0.15, -0.1) is 0 Å². The summed E-state index contributed by atoms with van der Waals surface area (Å²) in [5, 5.41) is 3.23. The molecule has 1 N–H and O–H groups in total. The van der Waals surface area contributed by atoms with E-state index in [1.165, 1.54) is 41.8 Å². The second-order valence-corrected chi connectivity index (χ2v) is 8.57. The van der Waals surface area contributed by atoms with Crippen LogP contribution in [0.25, 0.3) is 0 Å². The van der Waals surface area contributed by atoms with Crippen molar-refractivity contribution >= 4 is 58.4 Å². The zero-order chi connectivity index (χ0) is 23.0. The summed E-state index contributed by atoms with van der Waals surface area (Å²) in [5.41, 5.74) is 0.876. The van der Waals surface area contributed by atoms with Crippen molar-refractivity contribution in [3.63, 3.8) is 0 Å². The Balaban J connectivity index is 2.07. The molecule has 0 saturated heterocycles. The first-order valence-electron chi connectivity index (χ1n) is 9.52. The fraction of sp³-hybridized carbons (Fsp3) is 0.318. The maximum atomic E-state index is 12.8. The van der Waals surface area contributed by atoms with E-state index in [2.05, 4.69) is 5.32 Å². The molecule has 2 atom stereocenters. The van der Waals surface area contributed by atoms with Crippen LogP contribution in [0.2, 0.25) is 10.0 Å². The molecule has 6 nitrogen and oxygen atoms in total. The molecule has 0 saturated carbocycles. The van der Waals surface area contributed by atoms with Crippen LogP contribution < -0.4 is 10.2 Å². The van der Waals surface area contributed by atoms with Crippen LogP contribution >= 0.6 is 35.0 Å². The summed E-state index contributed by atoms with van der Waals surface area (Å²) >= 11 is 13.5. The number of esters is 1. The zero-order valence-electron chi connectivity index (χ0n) is 17.4. The Morgan fingerprint density at radius 1 is 1.13 bits per heavy atom. The first-order valence-corrected chi connectivity index (χ1v) is 11.7. The fourth-order valence-corrected chi connectivity index (χ4v) is 3.72. The molecule has 0 aliphatic carbocycles. The summed E-state index contributed by atoms with van der Waals surface area (Å²) < 4.78 is 5.39. The Bertz CT molecular complexity index is 927. The van der Waals surface area contributed by atoms with Gasteiger partial charge in [0.2, 0.25) is 0 Å². The van der Waals surface area contributed by atoms with E-state index < -0.39 is 24.0 Å². The van der Waals surface area contributed by atoms with Crippen LogP contribution in [0, 0.1) is 0 Å². The van der Waals surface area contributed by atoms with Crippen molar-refractivity contribution in [2.45, 2.75) is 25.5 Å². The fourth-order valence-electron chi connectivity index (χ4n) is 2.75. The van der Waals surface area contributed by atoms with Crippen LogP contribution in [0.4, 0.5) is 5.69 Å². The molecule has 0 aromatic heterocycles. The zero-order valence-corrected chi connectivity index (χ0v) is 19.8. The molecule has 0 spiro atoms. The van der Waals surface area contributed by atoms with Crippen molar-refractivity contribution in [2.24, 2.45) is 0 Å². The van der Waals surface area contributed by atoms with E-state index in [9.17, 15) is 14.4 Å². The van der Waals surface area contributed by atoms with Gasteiger partial charge in [-0.2, -0.15) is 11.8 Å². The number of amides is 2. The Labute approximate surface area is 196 Å². The van der Waals surface area contributed by atoms with Crippen LogP contribution in [0.5, 0.6) is 0 Å². The molecular weight excluding hydrogens is 459 g/mol. The highest BCUT2D eigenvalue weighted by Crippen LogP contribution is 2.21. The monoisotopic (exact) mass is 482 g/mol. The van der Waals surface area contributed by atoms with E-state index in [-0.39, 0.29) is 16.5 Å². The topological polar surface area (TPSA) is 75.7 Å². The second kappa shape index (κ2) is 12.0. The van der Waals surface area contributed by atoms with Gasteiger partial charge in [0.25, 0.3) is 11.8 Å². The molecule has 0 radical (unpaired) electrons. The first kappa shape index (κ1) is 25.0. The van der Waals surface area contributed by atoms with Crippen LogP contribution in [-0.4, -0.2) is 49.0 Å². The highest BCUT2D eigenvalue weighted by Gasteiger charge is 2.28. The van der Waals surface area contributed by atoms with Crippen molar-refractivity contribution in [3.8, 4) is 0 Å². The van der Waals surface area contributed by atoms with E-state index in [0.717, 1.165) is 0 Å². The number of nitrogens with zero attached hydrogens (tertiary/aromatic N) is 1. The van der Waals surface area contributed by atoms with Crippen molar-refractivity contribution in [1.82, 2.24) is 5.32 Å². The largest absolute Gasteiger partial charge is 0.451 e. The predicted octanol–water partition coefficient (Wildman–Crippen LogP) is 4.44. The van der Waals surface area contributed by atoms with E-state index in [1.54, 1.807) is 19.2 Å². The highest BCUT2D eigenvalue weighted by molar-refractivity contribution is 7.98. The number of ether oxygens (including phenoxy) is 1. The summed E-state index contributed by atoms with van der Waals surface area (Å²) in [5.74, 6) is -0.976. The number of rotatable bonds is 9. The molecule has 0 heterocycles.